The average Bonchev–Trinajstić information content (AvgIpc) is 3.58. The molecule has 164 valence electrons. The minimum absolute atomic E-state index is 0.121. The lowest BCUT2D eigenvalue weighted by Gasteiger charge is -2.26. The Morgan fingerprint density at radius 2 is 2.00 bits per heavy atom. The van der Waals surface area contributed by atoms with Gasteiger partial charge < -0.3 is 23.9 Å². The summed E-state index contributed by atoms with van der Waals surface area (Å²) in [7, 11) is 0. The van der Waals surface area contributed by atoms with Gasteiger partial charge in [-0.3, -0.25) is 9.59 Å². The molecule has 4 aromatic rings. The van der Waals surface area contributed by atoms with Crippen molar-refractivity contribution in [2.45, 2.75) is 12.8 Å². The number of aryl methyl sites for hydroxylation is 1. The number of rotatable bonds is 6. The maximum atomic E-state index is 13.1. The van der Waals surface area contributed by atoms with E-state index in [0.717, 1.165) is 5.56 Å². The molecule has 0 atom stereocenters. The molecular formula is C22H20N4O5S. The topological polar surface area (TPSA) is 111 Å². The molecule has 0 saturated carbocycles. The summed E-state index contributed by atoms with van der Waals surface area (Å²) < 4.78 is 16.4. The highest BCUT2D eigenvalue weighted by atomic mass is 32.1. The monoisotopic (exact) mass is 452 g/mol. The number of ether oxygens (including phenoxy) is 1. The summed E-state index contributed by atoms with van der Waals surface area (Å²) in [6.07, 6.45) is 0.404. The van der Waals surface area contributed by atoms with Crippen molar-refractivity contribution in [3.8, 4) is 11.4 Å². The molecular weight excluding hydrogens is 432 g/mol. The normalized spacial score (nSPS) is 14.1. The Hall–Kier alpha value is -3.50. The van der Waals surface area contributed by atoms with Gasteiger partial charge in [-0.15, -0.1) is 0 Å². The standard InChI is InChI=1S/C22H20N4O5S/c27-17(5-6-18-24-21(25-31-18)14-7-12-32-13-14)23-19-15-3-1-2-4-16(15)30-20(19)22(28)26-8-10-29-11-9-26/h1-4,7,12-13H,5-6,8-11H2,(H,23,27). The van der Waals surface area contributed by atoms with Crippen LogP contribution in [-0.2, 0) is 16.0 Å². The van der Waals surface area contributed by atoms with Crippen LogP contribution in [0.5, 0.6) is 0 Å². The molecule has 1 N–H and O–H groups in total. The highest BCUT2D eigenvalue weighted by molar-refractivity contribution is 7.08. The molecule has 1 aliphatic heterocycles. The number of para-hydroxylation sites is 1. The quantitative estimate of drug-likeness (QED) is 0.476. The van der Waals surface area contributed by atoms with Crippen LogP contribution in [0.25, 0.3) is 22.4 Å². The first-order valence-corrected chi connectivity index (χ1v) is 11.2. The molecule has 4 heterocycles. The highest BCUT2D eigenvalue weighted by Crippen LogP contribution is 2.32. The summed E-state index contributed by atoms with van der Waals surface area (Å²) in [5, 5.41) is 11.4. The third-order valence-electron chi connectivity index (χ3n) is 5.17. The largest absolute Gasteiger partial charge is 0.449 e. The van der Waals surface area contributed by atoms with Crippen molar-refractivity contribution in [3.05, 3.63) is 52.7 Å². The number of furan rings is 1. The molecule has 32 heavy (non-hydrogen) atoms. The Morgan fingerprint density at radius 3 is 2.81 bits per heavy atom. The molecule has 0 radical (unpaired) electrons. The number of benzene rings is 1. The smallest absolute Gasteiger partial charge is 0.291 e. The predicted molar refractivity (Wildman–Crippen MR) is 117 cm³/mol. The van der Waals surface area contributed by atoms with E-state index < -0.39 is 0 Å². The first-order chi connectivity index (χ1) is 15.7. The van der Waals surface area contributed by atoms with Gasteiger partial charge in [0.05, 0.1) is 13.2 Å². The molecule has 5 rings (SSSR count). The summed E-state index contributed by atoms with van der Waals surface area (Å²) in [6.45, 7) is 1.91. The molecule has 3 aromatic heterocycles. The van der Waals surface area contributed by atoms with E-state index in [2.05, 4.69) is 15.5 Å². The first-order valence-electron chi connectivity index (χ1n) is 10.2. The number of nitrogens with one attached hydrogen (secondary N) is 1. The summed E-state index contributed by atoms with van der Waals surface area (Å²) in [4.78, 5) is 31.8. The van der Waals surface area contributed by atoms with Crippen molar-refractivity contribution in [1.29, 1.82) is 0 Å². The Kier molecular flexibility index (Phi) is 5.70. The van der Waals surface area contributed by atoms with E-state index in [9.17, 15) is 9.59 Å². The van der Waals surface area contributed by atoms with Crippen molar-refractivity contribution in [2.24, 2.45) is 0 Å². The Labute approximate surface area is 187 Å². The van der Waals surface area contributed by atoms with E-state index in [4.69, 9.17) is 13.7 Å². The average molecular weight is 452 g/mol. The van der Waals surface area contributed by atoms with Crippen molar-refractivity contribution in [3.63, 3.8) is 0 Å². The molecule has 0 bridgehead atoms. The van der Waals surface area contributed by atoms with Gasteiger partial charge in [0.1, 0.15) is 11.3 Å². The SMILES string of the molecule is O=C(CCc1nc(-c2ccsc2)no1)Nc1c(C(=O)N2CCOCC2)oc2ccccc12. The van der Waals surface area contributed by atoms with Gasteiger partial charge >= 0.3 is 0 Å². The number of thiophene rings is 1. The fourth-order valence-corrected chi connectivity index (χ4v) is 4.15. The number of carbonyl (C=O) groups excluding carboxylic acids is 2. The maximum absolute atomic E-state index is 13.1. The molecule has 2 amide bonds. The van der Waals surface area contributed by atoms with E-state index in [1.807, 2.05) is 35.0 Å². The third kappa shape index (κ3) is 4.14. The fraction of sp³-hybridized carbons (Fsp3) is 0.273. The summed E-state index contributed by atoms with van der Waals surface area (Å²) in [5.41, 5.74) is 1.80. The van der Waals surface area contributed by atoms with Gasteiger partial charge in [0.2, 0.25) is 23.4 Å². The Morgan fingerprint density at radius 1 is 1.16 bits per heavy atom. The van der Waals surface area contributed by atoms with E-state index in [1.54, 1.807) is 22.3 Å². The van der Waals surface area contributed by atoms with E-state index in [1.165, 1.54) is 0 Å². The van der Waals surface area contributed by atoms with Crippen LogP contribution in [0.4, 0.5) is 5.69 Å². The van der Waals surface area contributed by atoms with Crippen molar-refractivity contribution >= 4 is 39.8 Å². The molecule has 0 aliphatic carbocycles. The van der Waals surface area contributed by atoms with Crippen molar-refractivity contribution < 1.29 is 23.3 Å². The predicted octanol–water partition coefficient (Wildman–Crippen LogP) is 3.59. The minimum Gasteiger partial charge on any atom is -0.449 e. The number of hydrogen-bond donors (Lipinski definition) is 1. The minimum atomic E-state index is -0.275. The van der Waals surface area contributed by atoms with Crippen LogP contribution >= 0.6 is 11.3 Å². The zero-order valence-corrected chi connectivity index (χ0v) is 17.9. The Balaban J connectivity index is 1.31. The number of aromatic nitrogens is 2. The highest BCUT2D eigenvalue weighted by Gasteiger charge is 2.27. The molecule has 10 heteroatoms. The van der Waals surface area contributed by atoms with Gasteiger partial charge in [-0.05, 0) is 23.6 Å². The number of morpholine rings is 1. The number of anilines is 1. The van der Waals surface area contributed by atoms with Crippen LogP contribution in [0, 0.1) is 0 Å². The van der Waals surface area contributed by atoms with Gasteiger partial charge in [0.25, 0.3) is 5.91 Å². The van der Waals surface area contributed by atoms with Gasteiger partial charge in [-0.25, -0.2) is 0 Å². The van der Waals surface area contributed by atoms with Gasteiger partial charge in [-0.2, -0.15) is 16.3 Å². The Bertz CT molecular complexity index is 1240. The molecule has 0 unspecified atom stereocenters. The van der Waals surface area contributed by atoms with Gasteiger partial charge in [-0.1, -0.05) is 17.3 Å². The maximum Gasteiger partial charge on any atom is 0.291 e. The lowest BCUT2D eigenvalue weighted by Crippen LogP contribution is -2.40. The number of amides is 2. The first kappa shape index (κ1) is 20.4. The van der Waals surface area contributed by atoms with E-state index in [0.29, 0.717) is 54.7 Å². The number of fused-ring (bicyclic) bond motifs is 1. The number of nitrogens with zero attached hydrogens (tertiary/aromatic N) is 3. The molecule has 1 saturated heterocycles. The molecule has 0 spiro atoms. The lowest BCUT2D eigenvalue weighted by atomic mass is 10.2. The number of hydrogen-bond acceptors (Lipinski definition) is 8. The van der Waals surface area contributed by atoms with Crippen molar-refractivity contribution in [2.75, 3.05) is 31.6 Å². The van der Waals surface area contributed by atoms with Crippen LogP contribution in [0.3, 0.4) is 0 Å². The van der Waals surface area contributed by atoms with Gasteiger partial charge in [0, 0.05) is 42.3 Å². The summed E-state index contributed by atoms with van der Waals surface area (Å²) >= 11 is 1.55. The van der Waals surface area contributed by atoms with Crippen molar-refractivity contribution in [1.82, 2.24) is 15.0 Å². The van der Waals surface area contributed by atoms with Crippen LogP contribution in [0.2, 0.25) is 0 Å². The lowest BCUT2D eigenvalue weighted by molar-refractivity contribution is -0.116. The second kappa shape index (κ2) is 8.93. The second-order valence-electron chi connectivity index (χ2n) is 7.28. The zero-order chi connectivity index (χ0) is 21.9. The zero-order valence-electron chi connectivity index (χ0n) is 17.1. The summed E-state index contributed by atoms with van der Waals surface area (Å²) in [5.74, 6) is 0.461. The fourth-order valence-electron chi connectivity index (χ4n) is 3.52. The van der Waals surface area contributed by atoms with Gasteiger partial charge in [0.15, 0.2) is 0 Å². The number of carbonyl (C=O) groups is 2. The van der Waals surface area contributed by atoms with Crippen LogP contribution in [0.15, 0.2) is 50.0 Å². The van der Waals surface area contributed by atoms with Crippen LogP contribution in [-0.4, -0.2) is 53.2 Å². The molecule has 1 aromatic carbocycles. The molecule has 9 nitrogen and oxygen atoms in total. The molecule has 1 fully saturated rings. The molecule has 1 aliphatic rings. The van der Waals surface area contributed by atoms with E-state index >= 15 is 0 Å². The van der Waals surface area contributed by atoms with E-state index in [-0.39, 0.29) is 30.4 Å². The third-order valence-corrected chi connectivity index (χ3v) is 5.85. The second-order valence-corrected chi connectivity index (χ2v) is 8.06. The summed E-state index contributed by atoms with van der Waals surface area (Å²) in [6, 6.07) is 9.15. The van der Waals surface area contributed by atoms with Crippen LogP contribution in [0.1, 0.15) is 22.9 Å². The van der Waals surface area contributed by atoms with Crippen LogP contribution < -0.4 is 5.32 Å².